The Morgan fingerprint density at radius 2 is 2.12 bits per heavy atom. The van der Waals surface area contributed by atoms with E-state index >= 15 is 0 Å². The van der Waals surface area contributed by atoms with Gasteiger partial charge in [-0.05, 0) is 36.5 Å². The van der Waals surface area contributed by atoms with E-state index in [0.717, 1.165) is 25.1 Å². The molecule has 2 rings (SSSR count). The molecule has 3 heteroatoms. The fourth-order valence-corrected chi connectivity index (χ4v) is 2.30. The molecule has 1 fully saturated rings. The second-order valence-corrected chi connectivity index (χ2v) is 4.89. The van der Waals surface area contributed by atoms with Crippen molar-refractivity contribution in [1.29, 1.82) is 0 Å². The molecule has 1 aromatic carbocycles. The van der Waals surface area contributed by atoms with Gasteiger partial charge in [0.1, 0.15) is 5.82 Å². The van der Waals surface area contributed by atoms with Crippen molar-refractivity contribution in [3.05, 3.63) is 35.6 Å². The van der Waals surface area contributed by atoms with Gasteiger partial charge in [0, 0.05) is 13.1 Å². The molecule has 0 aromatic heterocycles. The molecule has 1 amide bonds. The third-order valence-corrected chi connectivity index (χ3v) is 3.28. The van der Waals surface area contributed by atoms with Gasteiger partial charge in [-0.15, -0.1) is 0 Å². The molecule has 0 aliphatic carbocycles. The Hall–Kier alpha value is -1.38. The molecule has 0 N–H and O–H groups in total. The first-order chi connectivity index (χ1) is 8.15. The van der Waals surface area contributed by atoms with Crippen molar-refractivity contribution in [2.45, 2.75) is 26.2 Å². The number of amides is 1. The average molecular weight is 235 g/mol. The van der Waals surface area contributed by atoms with E-state index in [4.69, 9.17) is 0 Å². The van der Waals surface area contributed by atoms with Crippen LogP contribution in [0.25, 0.3) is 0 Å². The minimum atomic E-state index is -0.257. The number of carbonyl (C=O) groups excluding carboxylic acids is 1. The number of likely N-dealkylation sites (tertiary alicyclic amines) is 1. The van der Waals surface area contributed by atoms with Gasteiger partial charge in [-0.25, -0.2) is 4.39 Å². The fourth-order valence-electron chi connectivity index (χ4n) is 2.30. The largest absolute Gasteiger partial charge is 0.342 e. The Labute approximate surface area is 101 Å². The molecular formula is C14H18FNO. The summed E-state index contributed by atoms with van der Waals surface area (Å²) in [7, 11) is 0. The lowest BCUT2D eigenvalue weighted by Crippen LogP contribution is -2.39. The van der Waals surface area contributed by atoms with Crippen molar-refractivity contribution in [2.24, 2.45) is 5.92 Å². The predicted octanol–water partition coefficient (Wildman–Crippen LogP) is 2.63. The number of hydrogen-bond acceptors (Lipinski definition) is 1. The second kappa shape index (κ2) is 5.30. The molecule has 0 radical (unpaired) electrons. The van der Waals surface area contributed by atoms with E-state index in [0.29, 0.717) is 12.3 Å². The highest BCUT2D eigenvalue weighted by atomic mass is 19.1. The Morgan fingerprint density at radius 1 is 1.41 bits per heavy atom. The standard InChI is InChI=1S/C14H18FNO/c1-11-3-2-8-16(10-11)14(17)9-12-4-6-13(15)7-5-12/h4-7,11H,2-3,8-10H2,1H3/t11-/m0/s1. The molecule has 1 aliphatic rings. The van der Waals surface area contributed by atoms with Gasteiger partial charge in [0.25, 0.3) is 0 Å². The summed E-state index contributed by atoms with van der Waals surface area (Å²) in [6.07, 6.45) is 2.68. The van der Waals surface area contributed by atoms with E-state index < -0.39 is 0 Å². The van der Waals surface area contributed by atoms with Crippen molar-refractivity contribution < 1.29 is 9.18 Å². The van der Waals surface area contributed by atoms with Gasteiger partial charge < -0.3 is 4.90 Å². The molecule has 92 valence electrons. The molecule has 0 unspecified atom stereocenters. The SMILES string of the molecule is C[C@H]1CCCN(C(=O)Cc2ccc(F)cc2)C1. The van der Waals surface area contributed by atoms with Gasteiger partial charge in [-0.2, -0.15) is 0 Å². The van der Waals surface area contributed by atoms with Crippen LogP contribution in [0.4, 0.5) is 4.39 Å². The first-order valence-electron chi connectivity index (χ1n) is 6.17. The summed E-state index contributed by atoms with van der Waals surface area (Å²) < 4.78 is 12.7. The number of benzene rings is 1. The van der Waals surface area contributed by atoms with Crippen molar-refractivity contribution in [2.75, 3.05) is 13.1 Å². The molecule has 0 bridgehead atoms. The third kappa shape index (κ3) is 3.29. The van der Waals surface area contributed by atoms with Gasteiger partial charge in [0.15, 0.2) is 0 Å². The van der Waals surface area contributed by atoms with Crippen LogP contribution in [0, 0.1) is 11.7 Å². The van der Waals surface area contributed by atoms with Crippen LogP contribution < -0.4 is 0 Å². The van der Waals surface area contributed by atoms with Crippen LogP contribution in [-0.2, 0) is 11.2 Å². The number of nitrogens with zero attached hydrogens (tertiary/aromatic N) is 1. The van der Waals surface area contributed by atoms with Crippen molar-refractivity contribution in [1.82, 2.24) is 4.90 Å². The monoisotopic (exact) mass is 235 g/mol. The Kier molecular flexibility index (Phi) is 3.77. The smallest absolute Gasteiger partial charge is 0.226 e. The highest BCUT2D eigenvalue weighted by molar-refractivity contribution is 5.78. The van der Waals surface area contributed by atoms with Crippen LogP contribution in [0.3, 0.4) is 0 Å². The lowest BCUT2D eigenvalue weighted by molar-refractivity contribution is -0.132. The second-order valence-electron chi connectivity index (χ2n) is 4.89. The Balaban J connectivity index is 1.94. The molecule has 1 atom stereocenters. The molecule has 1 saturated heterocycles. The highest BCUT2D eigenvalue weighted by Gasteiger charge is 2.20. The topological polar surface area (TPSA) is 20.3 Å². The van der Waals surface area contributed by atoms with E-state index in [1.807, 2.05) is 4.90 Å². The molecular weight excluding hydrogens is 217 g/mol. The number of halogens is 1. The molecule has 1 heterocycles. The summed E-state index contributed by atoms with van der Waals surface area (Å²) >= 11 is 0. The molecule has 17 heavy (non-hydrogen) atoms. The normalized spacial score (nSPS) is 20.4. The van der Waals surface area contributed by atoms with Crippen LogP contribution in [0.1, 0.15) is 25.3 Å². The zero-order valence-electron chi connectivity index (χ0n) is 10.2. The minimum absolute atomic E-state index is 0.156. The summed E-state index contributed by atoms with van der Waals surface area (Å²) in [6.45, 7) is 3.90. The van der Waals surface area contributed by atoms with Gasteiger partial charge >= 0.3 is 0 Å². The van der Waals surface area contributed by atoms with E-state index in [-0.39, 0.29) is 11.7 Å². The summed E-state index contributed by atoms with van der Waals surface area (Å²) in [5, 5.41) is 0. The zero-order valence-corrected chi connectivity index (χ0v) is 10.2. The lowest BCUT2D eigenvalue weighted by Gasteiger charge is -2.31. The highest BCUT2D eigenvalue weighted by Crippen LogP contribution is 2.16. The van der Waals surface area contributed by atoms with E-state index in [1.54, 1.807) is 12.1 Å². The molecule has 0 saturated carbocycles. The van der Waals surface area contributed by atoms with Crippen LogP contribution in [0.5, 0.6) is 0 Å². The van der Waals surface area contributed by atoms with Crippen molar-refractivity contribution >= 4 is 5.91 Å². The summed E-state index contributed by atoms with van der Waals surface area (Å²) in [6, 6.07) is 6.17. The van der Waals surface area contributed by atoms with E-state index in [9.17, 15) is 9.18 Å². The number of carbonyl (C=O) groups is 1. The molecule has 2 nitrogen and oxygen atoms in total. The average Bonchev–Trinajstić information content (AvgIpc) is 2.32. The molecule has 1 aromatic rings. The quantitative estimate of drug-likeness (QED) is 0.771. The molecule has 0 spiro atoms. The maximum Gasteiger partial charge on any atom is 0.226 e. The summed E-state index contributed by atoms with van der Waals surface area (Å²) in [5.41, 5.74) is 0.884. The first kappa shape index (κ1) is 12.1. The number of rotatable bonds is 2. The Bertz CT molecular complexity index is 388. The maximum atomic E-state index is 12.7. The van der Waals surface area contributed by atoms with Crippen LogP contribution >= 0.6 is 0 Å². The number of piperidine rings is 1. The third-order valence-electron chi connectivity index (χ3n) is 3.28. The van der Waals surface area contributed by atoms with Crippen LogP contribution in [0.2, 0.25) is 0 Å². The number of hydrogen-bond donors (Lipinski definition) is 0. The van der Waals surface area contributed by atoms with Gasteiger partial charge in [-0.1, -0.05) is 19.1 Å². The van der Waals surface area contributed by atoms with Crippen molar-refractivity contribution in [3.8, 4) is 0 Å². The molecule has 1 aliphatic heterocycles. The zero-order chi connectivity index (χ0) is 12.3. The Morgan fingerprint density at radius 3 is 2.76 bits per heavy atom. The van der Waals surface area contributed by atoms with Crippen LogP contribution in [-0.4, -0.2) is 23.9 Å². The van der Waals surface area contributed by atoms with Gasteiger partial charge in [0.2, 0.25) is 5.91 Å². The summed E-state index contributed by atoms with van der Waals surface area (Å²) in [5.74, 6) is 0.497. The first-order valence-corrected chi connectivity index (χ1v) is 6.17. The van der Waals surface area contributed by atoms with Crippen molar-refractivity contribution in [3.63, 3.8) is 0 Å². The fraction of sp³-hybridized carbons (Fsp3) is 0.500. The van der Waals surface area contributed by atoms with E-state index in [1.165, 1.54) is 18.6 Å². The minimum Gasteiger partial charge on any atom is -0.342 e. The van der Waals surface area contributed by atoms with Crippen LogP contribution in [0.15, 0.2) is 24.3 Å². The van der Waals surface area contributed by atoms with E-state index in [2.05, 4.69) is 6.92 Å². The van der Waals surface area contributed by atoms with Gasteiger partial charge in [0.05, 0.1) is 6.42 Å². The van der Waals surface area contributed by atoms with Gasteiger partial charge in [-0.3, -0.25) is 4.79 Å². The lowest BCUT2D eigenvalue weighted by atomic mass is 9.99. The predicted molar refractivity (Wildman–Crippen MR) is 65.1 cm³/mol. The summed E-state index contributed by atoms with van der Waals surface area (Å²) in [4.78, 5) is 14.0. The maximum absolute atomic E-state index is 12.7.